The van der Waals surface area contributed by atoms with Crippen LogP contribution in [0.15, 0.2) is 0 Å². The Kier molecular flexibility index (Phi) is 2.52. The third-order valence-corrected chi connectivity index (χ3v) is 1.86. The molecule has 0 amide bonds. The van der Waals surface area contributed by atoms with Gasteiger partial charge in [0.1, 0.15) is 5.78 Å². The molecule has 0 aromatic carbocycles. The molecule has 1 aromatic heterocycles. The number of rotatable bonds is 3. The second-order valence-corrected chi connectivity index (χ2v) is 2.73. The molecular weight excluding hydrogens is 156 g/mol. The quantitative estimate of drug-likeness (QED) is 0.651. The molecule has 5 heteroatoms. The van der Waals surface area contributed by atoms with Gasteiger partial charge >= 0.3 is 0 Å². The first-order valence-electron chi connectivity index (χ1n) is 3.89. The Morgan fingerprint density at radius 2 is 2.33 bits per heavy atom. The number of carbonyl (C=O) groups excluding carboxylic acids is 1. The minimum Gasteiger partial charge on any atom is -0.299 e. The first-order valence-corrected chi connectivity index (χ1v) is 3.89. The molecule has 0 saturated heterocycles. The van der Waals surface area contributed by atoms with Gasteiger partial charge in [-0.15, -0.1) is 5.10 Å². The summed E-state index contributed by atoms with van der Waals surface area (Å²) in [6.07, 6.45) is 0.740. The fraction of sp³-hybridized carbons (Fsp3) is 0.714. The van der Waals surface area contributed by atoms with E-state index in [9.17, 15) is 4.79 Å². The van der Waals surface area contributed by atoms with Crippen molar-refractivity contribution in [3.63, 3.8) is 0 Å². The largest absolute Gasteiger partial charge is 0.299 e. The lowest BCUT2D eigenvalue weighted by Gasteiger charge is -2.07. The molecule has 1 unspecified atom stereocenters. The summed E-state index contributed by atoms with van der Waals surface area (Å²) in [4.78, 5) is 11.1. The molecule has 0 N–H and O–H groups in total. The molecule has 0 bridgehead atoms. The fourth-order valence-corrected chi connectivity index (χ4v) is 1.18. The highest BCUT2D eigenvalue weighted by molar-refractivity contribution is 5.82. The van der Waals surface area contributed by atoms with Crippen molar-refractivity contribution in [2.45, 2.75) is 26.2 Å². The molecule has 0 aliphatic carbocycles. The number of tetrazole rings is 1. The Hall–Kier alpha value is -1.26. The van der Waals surface area contributed by atoms with Crippen LogP contribution in [0.4, 0.5) is 0 Å². The molecule has 0 saturated carbocycles. The number of nitrogens with zero attached hydrogens (tertiary/aromatic N) is 4. The van der Waals surface area contributed by atoms with Crippen LogP contribution < -0.4 is 0 Å². The number of aromatic nitrogens is 4. The van der Waals surface area contributed by atoms with E-state index in [2.05, 4.69) is 15.5 Å². The number of hydrogen-bond donors (Lipinski definition) is 0. The topological polar surface area (TPSA) is 60.7 Å². The van der Waals surface area contributed by atoms with Gasteiger partial charge in [-0.1, -0.05) is 6.92 Å². The maximum absolute atomic E-state index is 11.1. The van der Waals surface area contributed by atoms with Gasteiger partial charge in [-0.05, 0) is 23.8 Å². The first-order chi connectivity index (χ1) is 5.66. The van der Waals surface area contributed by atoms with Crippen LogP contribution in [0.25, 0.3) is 0 Å². The summed E-state index contributed by atoms with van der Waals surface area (Å²) in [6, 6.07) is 0. The first kappa shape index (κ1) is 8.83. The predicted octanol–water partition coefficient (Wildman–Crippen LogP) is 0.293. The minimum atomic E-state index is -0.162. The molecule has 12 heavy (non-hydrogen) atoms. The molecule has 0 spiro atoms. The zero-order valence-electron chi connectivity index (χ0n) is 7.48. The maximum atomic E-state index is 11.1. The zero-order valence-corrected chi connectivity index (χ0v) is 7.48. The summed E-state index contributed by atoms with van der Waals surface area (Å²) in [5, 5.41) is 10.9. The van der Waals surface area contributed by atoms with E-state index in [-0.39, 0.29) is 11.7 Å². The average Bonchev–Trinajstić information content (AvgIpc) is 2.38. The number of ketones is 1. The van der Waals surface area contributed by atoms with Gasteiger partial charge in [0.15, 0.2) is 5.82 Å². The smallest absolute Gasteiger partial charge is 0.161 e. The third-order valence-electron chi connectivity index (χ3n) is 1.86. The normalized spacial score (nSPS) is 12.9. The highest BCUT2D eigenvalue weighted by Gasteiger charge is 2.19. The minimum absolute atomic E-state index is 0.107. The number of aryl methyl sites for hydroxylation is 1. The van der Waals surface area contributed by atoms with Crippen molar-refractivity contribution in [2.75, 3.05) is 0 Å². The second kappa shape index (κ2) is 3.42. The van der Waals surface area contributed by atoms with Crippen LogP contribution in [0.5, 0.6) is 0 Å². The van der Waals surface area contributed by atoms with Gasteiger partial charge < -0.3 is 0 Å². The van der Waals surface area contributed by atoms with Gasteiger partial charge in [0.25, 0.3) is 0 Å². The van der Waals surface area contributed by atoms with Crippen LogP contribution in [0, 0.1) is 0 Å². The van der Waals surface area contributed by atoms with Gasteiger partial charge in [0.2, 0.25) is 0 Å². The highest BCUT2D eigenvalue weighted by Crippen LogP contribution is 2.15. The Balaban J connectivity index is 2.94. The van der Waals surface area contributed by atoms with E-state index in [1.54, 1.807) is 14.0 Å². The Labute approximate surface area is 70.8 Å². The molecule has 1 rings (SSSR count). The SMILES string of the molecule is CCC(C(C)=O)c1nnnn1C. The molecule has 1 heterocycles. The lowest BCUT2D eigenvalue weighted by atomic mass is 10.0. The van der Waals surface area contributed by atoms with Gasteiger partial charge in [-0.2, -0.15) is 0 Å². The van der Waals surface area contributed by atoms with Crippen molar-refractivity contribution < 1.29 is 4.79 Å². The second-order valence-electron chi connectivity index (χ2n) is 2.73. The van der Waals surface area contributed by atoms with Crippen LogP contribution in [-0.4, -0.2) is 26.0 Å². The standard InChI is InChI=1S/C7H12N4O/c1-4-6(5(2)12)7-8-9-10-11(7)3/h6H,4H2,1-3H3. The summed E-state index contributed by atoms with van der Waals surface area (Å²) in [5.41, 5.74) is 0. The molecule has 0 aliphatic rings. The van der Waals surface area contributed by atoms with Crippen molar-refractivity contribution in [3.05, 3.63) is 5.82 Å². The zero-order chi connectivity index (χ0) is 9.14. The molecule has 0 radical (unpaired) electrons. The fourth-order valence-electron chi connectivity index (χ4n) is 1.18. The van der Waals surface area contributed by atoms with Crippen molar-refractivity contribution >= 4 is 5.78 Å². The van der Waals surface area contributed by atoms with E-state index >= 15 is 0 Å². The van der Waals surface area contributed by atoms with Crippen LogP contribution >= 0.6 is 0 Å². The summed E-state index contributed by atoms with van der Waals surface area (Å²) >= 11 is 0. The molecule has 1 atom stereocenters. The number of hydrogen-bond acceptors (Lipinski definition) is 4. The van der Waals surface area contributed by atoms with E-state index in [0.29, 0.717) is 5.82 Å². The molecular formula is C7H12N4O. The molecule has 1 aromatic rings. The predicted molar refractivity (Wildman–Crippen MR) is 42.5 cm³/mol. The van der Waals surface area contributed by atoms with Crippen LogP contribution in [0.1, 0.15) is 32.0 Å². The van der Waals surface area contributed by atoms with Gasteiger partial charge in [0.05, 0.1) is 5.92 Å². The van der Waals surface area contributed by atoms with Gasteiger partial charge in [-0.3, -0.25) is 4.79 Å². The monoisotopic (exact) mass is 168 g/mol. The summed E-state index contributed by atoms with van der Waals surface area (Å²) < 4.78 is 1.54. The van der Waals surface area contributed by atoms with E-state index < -0.39 is 0 Å². The summed E-state index contributed by atoms with van der Waals surface area (Å²) in [7, 11) is 1.74. The lowest BCUT2D eigenvalue weighted by Crippen LogP contribution is -2.13. The van der Waals surface area contributed by atoms with Crippen molar-refractivity contribution in [1.82, 2.24) is 20.2 Å². The van der Waals surface area contributed by atoms with Crippen molar-refractivity contribution in [3.8, 4) is 0 Å². The van der Waals surface area contributed by atoms with Crippen molar-refractivity contribution in [2.24, 2.45) is 7.05 Å². The summed E-state index contributed by atoms with van der Waals surface area (Å²) in [5.74, 6) is 0.588. The molecule has 0 aliphatic heterocycles. The lowest BCUT2D eigenvalue weighted by molar-refractivity contribution is -0.118. The van der Waals surface area contributed by atoms with E-state index in [4.69, 9.17) is 0 Å². The third kappa shape index (κ3) is 1.49. The molecule has 66 valence electrons. The number of carbonyl (C=O) groups is 1. The Bertz CT molecular complexity index is 281. The molecule has 5 nitrogen and oxygen atoms in total. The van der Waals surface area contributed by atoms with Crippen LogP contribution in [0.3, 0.4) is 0 Å². The summed E-state index contributed by atoms with van der Waals surface area (Å²) in [6.45, 7) is 3.50. The van der Waals surface area contributed by atoms with Gasteiger partial charge in [-0.25, -0.2) is 4.68 Å². The Morgan fingerprint density at radius 3 is 2.67 bits per heavy atom. The highest BCUT2D eigenvalue weighted by atomic mass is 16.1. The van der Waals surface area contributed by atoms with E-state index in [1.807, 2.05) is 6.92 Å². The number of Topliss-reactive ketones (excluding diaryl/α,β-unsaturated/α-hetero) is 1. The van der Waals surface area contributed by atoms with Gasteiger partial charge in [0, 0.05) is 7.05 Å². The van der Waals surface area contributed by atoms with Crippen LogP contribution in [-0.2, 0) is 11.8 Å². The van der Waals surface area contributed by atoms with E-state index in [1.165, 1.54) is 4.68 Å². The van der Waals surface area contributed by atoms with Crippen LogP contribution in [0.2, 0.25) is 0 Å². The Morgan fingerprint density at radius 1 is 1.67 bits per heavy atom. The maximum Gasteiger partial charge on any atom is 0.161 e. The average molecular weight is 168 g/mol. The molecule has 0 fully saturated rings. The van der Waals surface area contributed by atoms with E-state index in [0.717, 1.165) is 6.42 Å². The van der Waals surface area contributed by atoms with Crippen molar-refractivity contribution in [1.29, 1.82) is 0 Å².